The van der Waals surface area contributed by atoms with Crippen LogP contribution in [-0.2, 0) is 16.5 Å². The summed E-state index contributed by atoms with van der Waals surface area (Å²) in [5.74, 6) is 0. The van der Waals surface area contributed by atoms with Gasteiger partial charge in [0.15, 0.2) is 0 Å². The Morgan fingerprint density at radius 1 is 0.645 bits per heavy atom. The summed E-state index contributed by atoms with van der Waals surface area (Å²) in [6.07, 6.45) is 25.3. The van der Waals surface area contributed by atoms with Gasteiger partial charge in [-0.2, -0.15) is 0 Å². The van der Waals surface area contributed by atoms with Crippen LogP contribution < -0.4 is 51.4 Å². The molecule has 1 aromatic carbocycles. The van der Waals surface area contributed by atoms with Gasteiger partial charge in [-0.25, -0.2) is 8.42 Å². The van der Waals surface area contributed by atoms with Crippen molar-refractivity contribution in [2.75, 3.05) is 0 Å². The molecule has 0 heterocycles. The Morgan fingerprint density at radius 2 is 1.03 bits per heavy atom. The van der Waals surface area contributed by atoms with Crippen LogP contribution in [0, 0.1) is 0 Å². The summed E-state index contributed by atoms with van der Waals surface area (Å²) in [5, 5.41) is 0. The van der Waals surface area contributed by atoms with Gasteiger partial charge in [0.1, 0.15) is 10.1 Å². The van der Waals surface area contributed by atoms with E-state index in [1.165, 1.54) is 121 Å². The second-order valence-corrected chi connectivity index (χ2v) is 10.2. The van der Waals surface area contributed by atoms with Crippen LogP contribution in [0.5, 0.6) is 0 Å². The van der Waals surface area contributed by atoms with Crippen LogP contribution in [0.2, 0.25) is 0 Å². The molecule has 31 heavy (non-hydrogen) atoms. The molecule has 0 bridgehead atoms. The molecule has 0 aliphatic carbocycles. The summed E-state index contributed by atoms with van der Waals surface area (Å²) in [6.45, 7) is 2.28. The summed E-state index contributed by atoms with van der Waals surface area (Å²) < 4.78 is 33.2. The van der Waals surface area contributed by atoms with Crippen LogP contribution >= 0.6 is 0 Å². The summed E-state index contributed by atoms with van der Waals surface area (Å²) in [6, 6.07) is 6.47. The van der Waals surface area contributed by atoms with Gasteiger partial charge in [-0.3, -0.25) is 0 Å². The van der Waals surface area contributed by atoms with E-state index in [9.17, 15) is 13.0 Å². The number of benzene rings is 1. The van der Waals surface area contributed by atoms with E-state index in [0.29, 0.717) is 0 Å². The van der Waals surface area contributed by atoms with Gasteiger partial charge in [-0.1, -0.05) is 128 Å². The fourth-order valence-corrected chi connectivity index (χ4v) is 4.63. The van der Waals surface area contributed by atoms with Crippen LogP contribution in [0.4, 0.5) is 0 Å². The minimum absolute atomic E-state index is 0. The summed E-state index contributed by atoms with van der Waals surface area (Å²) >= 11 is 0. The van der Waals surface area contributed by atoms with Crippen molar-refractivity contribution in [1.82, 2.24) is 0 Å². The maximum Gasteiger partial charge on any atom is 1.00 e. The molecule has 0 fully saturated rings. The van der Waals surface area contributed by atoms with Crippen molar-refractivity contribution in [3.63, 3.8) is 0 Å². The molecule has 174 valence electrons. The molecule has 5 heteroatoms. The van der Waals surface area contributed by atoms with Gasteiger partial charge < -0.3 is 4.55 Å². The van der Waals surface area contributed by atoms with Crippen molar-refractivity contribution < 1.29 is 64.4 Å². The zero-order chi connectivity index (χ0) is 21.9. The van der Waals surface area contributed by atoms with Crippen molar-refractivity contribution in [1.29, 1.82) is 0 Å². The van der Waals surface area contributed by atoms with E-state index in [1.54, 1.807) is 6.07 Å². The molecule has 0 spiro atoms. The largest absolute Gasteiger partial charge is 1.00 e. The Labute approximate surface area is 235 Å². The van der Waals surface area contributed by atoms with Crippen LogP contribution in [-0.4, -0.2) is 13.0 Å². The van der Waals surface area contributed by atoms with Crippen molar-refractivity contribution in [2.45, 2.75) is 134 Å². The Kier molecular flexibility index (Phi) is 21.8. The molecular weight excluding hydrogens is 431 g/mol. The second-order valence-electron chi connectivity index (χ2n) is 8.86. The van der Waals surface area contributed by atoms with E-state index in [1.807, 2.05) is 6.07 Å². The fraction of sp³-hybridized carbons (Fsp3) is 0.769. The molecule has 0 aromatic heterocycles. The van der Waals surface area contributed by atoms with E-state index >= 15 is 0 Å². The number of unbranched alkanes of at least 4 members (excludes halogenated alkanes) is 17. The Bertz CT molecular complexity index is 631. The number of hydrogen-bond donors (Lipinski definition) is 0. The SMILES string of the molecule is CCCCCCCCCCCCCCCCCCCCc1cccc(S(=O)(=O)[O-])c1.[K+]. The molecule has 1 rings (SSSR count). The van der Waals surface area contributed by atoms with Crippen molar-refractivity contribution in [3.05, 3.63) is 29.8 Å². The predicted octanol–water partition coefficient (Wildman–Crippen LogP) is 5.18. The van der Waals surface area contributed by atoms with Crippen LogP contribution in [0.15, 0.2) is 29.2 Å². The standard InChI is InChI=1S/C26H46O3S.K/c1-2-3-4-5-6-7-8-9-10-11-12-13-14-15-16-17-18-19-21-25-22-20-23-26(24-25)30(27,28)29;/h20,22-24H,2-19,21H2,1H3,(H,27,28,29);/q;+1/p-1. The molecule has 0 radical (unpaired) electrons. The molecule has 0 amide bonds. The first-order chi connectivity index (χ1) is 14.5. The van der Waals surface area contributed by atoms with Crippen molar-refractivity contribution in [2.24, 2.45) is 0 Å². The number of rotatable bonds is 20. The van der Waals surface area contributed by atoms with Gasteiger partial charge in [0.05, 0.1) is 4.90 Å². The summed E-state index contributed by atoms with van der Waals surface area (Å²) in [7, 11) is -4.34. The van der Waals surface area contributed by atoms with Gasteiger partial charge >= 0.3 is 51.4 Å². The first-order valence-electron chi connectivity index (χ1n) is 12.6. The fourth-order valence-electron chi connectivity index (χ4n) is 4.09. The quantitative estimate of drug-likeness (QED) is 0.148. The first kappa shape index (κ1) is 31.8. The van der Waals surface area contributed by atoms with Gasteiger partial charge in [0.25, 0.3) is 0 Å². The third kappa shape index (κ3) is 18.8. The Balaban J connectivity index is 0.00000900. The summed E-state index contributed by atoms with van der Waals surface area (Å²) in [5.41, 5.74) is 0.948. The van der Waals surface area contributed by atoms with Gasteiger partial charge in [-0.05, 0) is 30.5 Å². The van der Waals surface area contributed by atoms with Gasteiger partial charge in [-0.15, -0.1) is 0 Å². The maximum absolute atomic E-state index is 11.1. The Morgan fingerprint density at radius 3 is 1.42 bits per heavy atom. The summed E-state index contributed by atoms with van der Waals surface area (Å²) in [4.78, 5) is -0.109. The topological polar surface area (TPSA) is 57.2 Å². The van der Waals surface area contributed by atoms with Crippen LogP contribution in [0.3, 0.4) is 0 Å². The Hall–Kier alpha value is 0.766. The second kappa shape index (κ2) is 21.3. The first-order valence-corrected chi connectivity index (χ1v) is 14.0. The third-order valence-corrected chi connectivity index (χ3v) is 6.84. The minimum atomic E-state index is -4.34. The molecule has 0 unspecified atom stereocenters. The van der Waals surface area contributed by atoms with Crippen LogP contribution in [0.25, 0.3) is 0 Å². The van der Waals surface area contributed by atoms with E-state index < -0.39 is 10.1 Å². The third-order valence-electron chi connectivity index (χ3n) is 6.01. The molecule has 0 aliphatic rings. The maximum atomic E-state index is 11.1. The number of hydrogen-bond acceptors (Lipinski definition) is 3. The molecule has 0 N–H and O–H groups in total. The van der Waals surface area contributed by atoms with Gasteiger partial charge in [0.2, 0.25) is 0 Å². The van der Waals surface area contributed by atoms with E-state index in [4.69, 9.17) is 0 Å². The average Bonchev–Trinajstić information content (AvgIpc) is 2.72. The minimum Gasteiger partial charge on any atom is -0.744 e. The van der Waals surface area contributed by atoms with Crippen molar-refractivity contribution >= 4 is 10.1 Å². The molecule has 0 saturated heterocycles. The number of aryl methyl sites for hydroxylation is 1. The zero-order valence-corrected chi connectivity index (χ0v) is 24.3. The zero-order valence-electron chi connectivity index (χ0n) is 20.4. The van der Waals surface area contributed by atoms with E-state index in [2.05, 4.69) is 6.92 Å². The normalized spacial score (nSPS) is 11.4. The molecule has 0 aliphatic heterocycles. The molecule has 3 nitrogen and oxygen atoms in total. The predicted molar refractivity (Wildman–Crippen MR) is 127 cm³/mol. The molecular formula is C26H45KO3S. The average molecular weight is 477 g/mol. The molecule has 0 atom stereocenters. The molecule has 1 aromatic rings. The van der Waals surface area contributed by atoms with Crippen molar-refractivity contribution in [3.8, 4) is 0 Å². The smallest absolute Gasteiger partial charge is 0.744 e. The monoisotopic (exact) mass is 476 g/mol. The van der Waals surface area contributed by atoms with Crippen LogP contribution in [0.1, 0.15) is 128 Å². The molecule has 0 saturated carbocycles. The van der Waals surface area contributed by atoms with E-state index in [-0.39, 0.29) is 56.3 Å². The van der Waals surface area contributed by atoms with E-state index in [0.717, 1.165) is 18.4 Å². The van der Waals surface area contributed by atoms with Gasteiger partial charge in [0, 0.05) is 0 Å².